The zero-order chi connectivity index (χ0) is 12.5. The smallest absolute Gasteiger partial charge is 0.0680 e. The minimum Gasteiger partial charge on any atom is -0.265 e. The molecule has 1 aromatic carbocycles. The van der Waals surface area contributed by atoms with Crippen molar-refractivity contribution >= 4 is 0 Å². The van der Waals surface area contributed by atoms with Crippen LogP contribution in [0.4, 0.5) is 0 Å². The summed E-state index contributed by atoms with van der Waals surface area (Å²) in [5.74, 6) is 0. The van der Waals surface area contributed by atoms with Crippen molar-refractivity contribution in [2.24, 2.45) is 0 Å². The third-order valence-corrected chi connectivity index (χ3v) is 2.92. The van der Waals surface area contributed by atoms with E-state index in [-0.39, 0.29) is 5.41 Å². The molecule has 0 aliphatic rings. The molecule has 0 radical (unpaired) electrons. The maximum atomic E-state index is 4.69. The van der Waals surface area contributed by atoms with Gasteiger partial charge in [0.2, 0.25) is 0 Å². The van der Waals surface area contributed by atoms with E-state index in [1.165, 1.54) is 11.3 Å². The molecule has 0 atom stereocenters. The second-order valence-corrected chi connectivity index (χ2v) is 5.56. The first-order valence-corrected chi connectivity index (χ1v) is 6.06. The van der Waals surface area contributed by atoms with Crippen LogP contribution in [0.2, 0.25) is 0 Å². The molecule has 2 heteroatoms. The fourth-order valence-corrected chi connectivity index (χ4v) is 1.79. The lowest BCUT2D eigenvalue weighted by molar-refractivity contribution is 0.543. The first-order chi connectivity index (χ1) is 7.97. The molecular weight excluding hydrogens is 208 g/mol. The highest BCUT2D eigenvalue weighted by molar-refractivity contribution is 5.19. The highest BCUT2D eigenvalue weighted by Crippen LogP contribution is 2.21. The number of aromatic nitrogens is 2. The highest BCUT2D eigenvalue weighted by atomic mass is 15.3. The van der Waals surface area contributed by atoms with Gasteiger partial charge in [-0.05, 0) is 18.6 Å². The molecule has 0 saturated heterocycles. The van der Waals surface area contributed by atoms with Crippen LogP contribution in [0.5, 0.6) is 0 Å². The Labute approximate surface area is 103 Å². The van der Waals surface area contributed by atoms with Crippen LogP contribution in [0.25, 0.3) is 0 Å². The van der Waals surface area contributed by atoms with E-state index in [1.807, 2.05) is 6.07 Å². The molecular formula is C15H20N2. The summed E-state index contributed by atoms with van der Waals surface area (Å²) in [5.41, 5.74) is 3.79. The van der Waals surface area contributed by atoms with Crippen molar-refractivity contribution in [2.75, 3.05) is 0 Å². The Hall–Kier alpha value is -1.57. The average Bonchev–Trinajstić information content (AvgIpc) is 2.62. The van der Waals surface area contributed by atoms with Gasteiger partial charge >= 0.3 is 0 Å². The number of hydrogen-bond donors (Lipinski definition) is 0. The van der Waals surface area contributed by atoms with E-state index in [2.05, 4.69) is 62.7 Å². The topological polar surface area (TPSA) is 17.8 Å². The lowest BCUT2D eigenvalue weighted by Crippen LogP contribution is -2.13. The third-order valence-electron chi connectivity index (χ3n) is 2.92. The third kappa shape index (κ3) is 2.76. The van der Waals surface area contributed by atoms with Gasteiger partial charge in [-0.15, -0.1) is 0 Å². The van der Waals surface area contributed by atoms with Gasteiger partial charge in [0.15, 0.2) is 0 Å². The average molecular weight is 228 g/mol. The Bertz CT molecular complexity index is 489. The summed E-state index contributed by atoms with van der Waals surface area (Å²) >= 11 is 0. The SMILES string of the molecule is Cc1cc(C(C)(C)C)nn1Cc1ccccc1. The molecule has 17 heavy (non-hydrogen) atoms. The fourth-order valence-electron chi connectivity index (χ4n) is 1.79. The maximum Gasteiger partial charge on any atom is 0.0680 e. The first kappa shape index (κ1) is 11.9. The van der Waals surface area contributed by atoms with Crippen molar-refractivity contribution in [2.45, 2.75) is 39.7 Å². The number of benzene rings is 1. The molecule has 2 aromatic rings. The lowest BCUT2D eigenvalue weighted by Gasteiger charge is -2.14. The molecule has 0 saturated carbocycles. The quantitative estimate of drug-likeness (QED) is 0.768. The van der Waals surface area contributed by atoms with Gasteiger partial charge in [0.25, 0.3) is 0 Å². The lowest BCUT2D eigenvalue weighted by atomic mass is 9.92. The Morgan fingerprint density at radius 1 is 1.12 bits per heavy atom. The van der Waals surface area contributed by atoms with Crippen molar-refractivity contribution < 1.29 is 0 Å². The molecule has 0 unspecified atom stereocenters. The van der Waals surface area contributed by atoms with E-state index in [4.69, 9.17) is 5.10 Å². The zero-order valence-electron chi connectivity index (χ0n) is 11.1. The molecule has 0 aliphatic heterocycles. The maximum absolute atomic E-state index is 4.69. The predicted molar refractivity (Wildman–Crippen MR) is 71.2 cm³/mol. The highest BCUT2D eigenvalue weighted by Gasteiger charge is 2.18. The number of rotatable bonds is 2. The van der Waals surface area contributed by atoms with E-state index in [1.54, 1.807) is 0 Å². The Kier molecular flexibility index (Phi) is 3.05. The molecule has 2 nitrogen and oxygen atoms in total. The van der Waals surface area contributed by atoms with Crippen LogP contribution in [0.15, 0.2) is 36.4 Å². The molecule has 1 heterocycles. The fraction of sp³-hybridized carbons (Fsp3) is 0.400. The molecule has 0 N–H and O–H groups in total. The van der Waals surface area contributed by atoms with E-state index in [9.17, 15) is 0 Å². The first-order valence-electron chi connectivity index (χ1n) is 6.06. The van der Waals surface area contributed by atoms with Gasteiger partial charge in [0.1, 0.15) is 0 Å². The van der Waals surface area contributed by atoms with Crippen LogP contribution in [-0.4, -0.2) is 9.78 Å². The van der Waals surface area contributed by atoms with Gasteiger partial charge in [-0.1, -0.05) is 51.1 Å². The van der Waals surface area contributed by atoms with Crippen LogP contribution in [-0.2, 0) is 12.0 Å². The normalized spacial score (nSPS) is 11.8. The predicted octanol–water partition coefficient (Wildman–Crippen LogP) is 3.54. The number of aryl methyl sites for hydroxylation is 1. The van der Waals surface area contributed by atoms with Gasteiger partial charge in [0, 0.05) is 11.1 Å². The zero-order valence-corrected chi connectivity index (χ0v) is 11.1. The minimum absolute atomic E-state index is 0.118. The summed E-state index contributed by atoms with van der Waals surface area (Å²) in [5, 5.41) is 4.69. The van der Waals surface area contributed by atoms with Gasteiger partial charge in [-0.2, -0.15) is 5.10 Å². The Balaban J connectivity index is 2.26. The summed E-state index contributed by atoms with van der Waals surface area (Å²) in [4.78, 5) is 0. The van der Waals surface area contributed by atoms with Gasteiger partial charge in [-0.25, -0.2) is 0 Å². The largest absolute Gasteiger partial charge is 0.265 e. The van der Waals surface area contributed by atoms with E-state index < -0.39 is 0 Å². The summed E-state index contributed by atoms with van der Waals surface area (Å²) in [6, 6.07) is 12.6. The summed E-state index contributed by atoms with van der Waals surface area (Å²) in [7, 11) is 0. The van der Waals surface area contributed by atoms with Crippen LogP contribution in [0, 0.1) is 6.92 Å². The number of nitrogens with zero attached hydrogens (tertiary/aromatic N) is 2. The van der Waals surface area contributed by atoms with Crippen LogP contribution in [0.1, 0.15) is 37.7 Å². The monoisotopic (exact) mass is 228 g/mol. The van der Waals surface area contributed by atoms with Crippen molar-refractivity contribution in [1.29, 1.82) is 0 Å². The summed E-state index contributed by atoms with van der Waals surface area (Å²) in [6.45, 7) is 9.55. The van der Waals surface area contributed by atoms with Crippen molar-refractivity contribution in [1.82, 2.24) is 9.78 Å². The molecule has 2 rings (SSSR count). The van der Waals surface area contributed by atoms with Crippen molar-refractivity contribution in [3.63, 3.8) is 0 Å². The molecule has 1 aromatic heterocycles. The molecule has 0 spiro atoms. The summed E-state index contributed by atoms with van der Waals surface area (Å²) < 4.78 is 2.08. The van der Waals surface area contributed by atoms with E-state index >= 15 is 0 Å². The second kappa shape index (κ2) is 4.36. The number of hydrogen-bond acceptors (Lipinski definition) is 1. The molecule has 0 aliphatic carbocycles. The van der Waals surface area contributed by atoms with Crippen LogP contribution >= 0.6 is 0 Å². The van der Waals surface area contributed by atoms with Crippen molar-refractivity contribution in [3.05, 3.63) is 53.3 Å². The minimum atomic E-state index is 0.118. The van der Waals surface area contributed by atoms with E-state index in [0.717, 1.165) is 12.2 Å². The standard InChI is InChI=1S/C15H20N2/c1-12-10-14(15(2,3)4)16-17(12)11-13-8-6-5-7-9-13/h5-10H,11H2,1-4H3. The Morgan fingerprint density at radius 3 is 2.29 bits per heavy atom. The molecule has 90 valence electrons. The second-order valence-electron chi connectivity index (χ2n) is 5.56. The van der Waals surface area contributed by atoms with Crippen LogP contribution < -0.4 is 0 Å². The van der Waals surface area contributed by atoms with Gasteiger partial charge < -0.3 is 0 Å². The van der Waals surface area contributed by atoms with Gasteiger partial charge in [0.05, 0.1) is 12.2 Å². The van der Waals surface area contributed by atoms with Crippen molar-refractivity contribution in [3.8, 4) is 0 Å². The van der Waals surface area contributed by atoms with Crippen LogP contribution in [0.3, 0.4) is 0 Å². The van der Waals surface area contributed by atoms with Gasteiger partial charge in [-0.3, -0.25) is 4.68 Å². The van der Waals surface area contributed by atoms with E-state index in [0.29, 0.717) is 0 Å². The molecule has 0 amide bonds. The Morgan fingerprint density at radius 2 is 1.76 bits per heavy atom. The molecule has 0 fully saturated rings. The molecule has 0 bridgehead atoms. The summed E-state index contributed by atoms with van der Waals surface area (Å²) in [6.07, 6.45) is 0.